The highest BCUT2D eigenvalue weighted by atomic mass is 16.5. The Morgan fingerprint density at radius 2 is 2.11 bits per heavy atom. The number of ether oxygens (including phenoxy) is 1. The van der Waals surface area contributed by atoms with Gasteiger partial charge in [-0.05, 0) is 19.4 Å². The summed E-state index contributed by atoms with van der Waals surface area (Å²) in [4.78, 5) is 13.9. The maximum Gasteiger partial charge on any atom is 0.131 e. The summed E-state index contributed by atoms with van der Waals surface area (Å²) in [5, 5.41) is 0. The molecule has 1 fully saturated rings. The quantitative estimate of drug-likeness (QED) is 0.818. The Hall–Kier alpha value is -1.19. The Labute approximate surface area is 109 Å². The monoisotopic (exact) mass is 247 g/mol. The lowest BCUT2D eigenvalue weighted by Crippen LogP contribution is -2.39. The smallest absolute Gasteiger partial charge is 0.131 e. The molecule has 0 amide bonds. The molecular formula is C15H21NO2. The summed E-state index contributed by atoms with van der Waals surface area (Å²) in [5.41, 5.74) is 2.49. The summed E-state index contributed by atoms with van der Waals surface area (Å²) < 4.78 is 5.39. The van der Waals surface area contributed by atoms with Crippen LogP contribution >= 0.6 is 0 Å². The minimum Gasteiger partial charge on any atom is -0.379 e. The Kier molecular flexibility index (Phi) is 4.50. The van der Waals surface area contributed by atoms with Gasteiger partial charge >= 0.3 is 0 Å². The molecule has 2 rings (SSSR count). The second kappa shape index (κ2) is 6.12. The number of morpholine rings is 1. The average Bonchev–Trinajstić information content (AvgIpc) is 2.37. The van der Waals surface area contributed by atoms with Crippen molar-refractivity contribution < 1.29 is 9.53 Å². The van der Waals surface area contributed by atoms with Crippen molar-refractivity contribution in [1.82, 2.24) is 4.90 Å². The second-order valence-corrected chi connectivity index (χ2v) is 4.98. The number of hydrogen-bond acceptors (Lipinski definition) is 3. The molecule has 1 aliphatic heterocycles. The predicted molar refractivity (Wildman–Crippen MR) is 71.6 cm³/mol. The van der Waals surface area contributed by atoms with E-state index in [4.69, 9.17) is 4.74 Å². The molecule has 98 valence electrons. The van der Waals surface area contributed by atoms with Crippen LogP contribution < -0.4 is 0 Å². The molecule has 1 saturated heterocycles. The molecule has 1 atom stereocenters. The molecule has 1 aromatic rings. The molecule has 1 aromatic carbocycles. The van der Waals surface area contributed by atoms with Crippen molar-refractivity contribution >= 4 is 5.78 Å². The van der Waals surface area contributed by atoms with Crippen LogP contribution in [0.5, 0.6) is 0 Å². The van der Waals surface area contributed by atoms with E-state index in [0.29, 0.717) is 6.42 Å². The van der Waals surface area contributed by atoms with E-state index in [2.05, 4.69) is 36.1 Å². The first-order valence-electron chi connectivity index (χ1n) is 6.54. The number of benzene rings is 1. The number of carbonyl (C=O) groups excluding carboxylic acids is 1. The average molecular weight is 247 g/mol. The van der Waals surface area contributed by atoms with Crippen LogP contribution in [-0.4, -0.2) is 37.0 Å². The Bertz CT molecular complexity index is 411. The molecule has 18 heavy (non-hydrogen) atoms. The van der Waals surface area contributed by atoms with Gasteiger partial charge < -0.3 is 4.74 Å². The van der Waals surface area contributed by atoms with E-state index in [9.17, 15) is 4.79 Å². The van der Waals surface area contributed by atoms with Crippen LogP contribution in [0.25, 0.3) is 0 Å². The molecule has 0 aromatic heterocycles. The lowest BCUT2D eigenvalue weighted by molar-refractivity contribution is -0.118. The van der Waals surface area contributed by atoms with Gasteiger partial charge in [-0.3, -0.25) is 9.69 Å². The molecule has 0 aliphatic carbocycles. The number of hydrogen-bond donors (Lipinski definition) is 0. The maximum atomic E-state index is 11.5. The van der Waals surface area contributed by atoms with E-state index in [-0.39, 0.29) is 11.8 Å². The number of rotatable bonds is 4. The minimum atomic E-state index is 0.200. The second-order valence-electron chi connectivity index (χ2n) is 4.98. The van der Waals surface area contributed by atoms with Gasteiger partial charge in [0.05, 0.1) is 13.2 Å². The summed E-state index contributed by atoms with van der Waals surface area (Å²) in [6.07, 6.45) is 0.587. The highest BCUT2D eigenvalue weighted by Gasteiger charge is 2.23. The zero-order valence-electron chi connectivity index (χ0n) is 11.2. The number of carbonyl (C=O) groups is 1. The van der Waals surface area contributed by atoms with Gasteiger partial charge in [0.25, 0.3) is 0 Å². The number of Topliss-reactive ketones (excluding diaryl/α,β-unsaturated/α-hetero) is 1. The van der Waals surface area contributed by atoms with Gasteiger partial charge in [0.1, 0.15) is 5.78 Å². The fraction of sp³-hybridized carbons (Fsp3) is 0.533. The van der Waals surface area contributed by atoms with Crippen molar-refractivity contribution in [1.29, 1.82) is 0 Å². The van der Waals surface area contributed by atoms with E-state index >= 15 is 0 Å². The van der Waals surface area contributed by atoms with E-state index < -0.39 is 0 Å². The largest absolute Gasteiger partial charge is 0.379 e. The third-order valence-corrected chi connectivity index (χ3v) is 3.39. The molecule has 0 radical (unpaired) electrons. The predicted octanol–water partition coefficient (Wildman–Crippen LogP) is 2.35. The summed E-state index contributed by atoms with van der Waals surface area (Å²) in [6, 6.07) is 8.66. The van der Waals surface area contributed by atoms with Crippen molar-refractivity contribution in [3.8, 4) is 0 Å². The van der Waals surface area contributed by atoms with E-state index in [1.165, 1.54) is 11.1 Å². The van der Waals surface area contributed by atoms with Crippen molar-refractivity contribution in [3.63, 3.8) is 0 Å². The van der Waals surface area contributed by atoms with Crippen LogP contribution in [0, 0.1) is 6.92 Å². The first-order chi connectivity index (χ1) is 8.66. The molecule has 1 aliphatic rings. The minimum absolute atomic E-state index is 0.200. The molecule has 3 heteroatoms. The Morgan fingerprint density at radius 1 is 1.39 bits per heavy atom. The van der Waals surface area contributed by atoms with E-state index in [1.807, 2.05) is 0 Å². The van der Waals surface area contributed by atoms with Crippen molar-refractivity contribution in [3.05, 3.63) is 35.4 Å². The van der Waals surface area contributed by atoms with Crippen molar-refractivity contribution in [2.75, 3.05) is 26.3 Å². The first kappa shape index (κ1) is 13.2. The van der Waals surface area contributed by atoms with E-state index in [1.54, 1.807) is 6.92 Å². The molecule has 0 saturated carbocycles. The fourth-order valence-electron chi connectivity index (χ4n) is 2.50. The molecule has 0 spiro atoms. The van der Waals surface area contributed by atoms with Crippen LogP contribution in [0.15, 0.2) is 24.3 Å². The summed E-state index contributed by atoms with van der Waals surface area (Å²) in [7, 11) is 0. The van der Waals surface area contributed by atoms with E-state index in [0.717, 1.165) is 26.3 Å². The summed E-state index contributed by atoms with van der Waals surface area (Å²) in [5.74, 6) is 0.244. The Balaban J connectivity index is 2.20. The van der Waals surface area contributed by atoms with Crippen molar-refractivity contribution in [2.45, 2.75) is 26.3 Å². The van der Waals surface area contributed by atoms with Crippen LogP contribution in [0.2, 0.25) is 0 Å². The third-order valence-electron chi connectivity index (χ3n) is 3.39. The molecule has 0 bridgehead atoms. The van der Waals surface area contributed by atoms with Gasteiger partial charge in [0.15, 0.2) is 0 Å². The molecular weight excluding hydrogens is 226 g/mol. The SMILES string of the molecule is CC(=O)CC(c1cccc(C)c1)N1CCOCC1. The highest BCUT2D eigenvalue weighted by molar-refractivity contribution is 5.76. The Morgan fingerprint density at radius 3 is 2.72 bits per heavy atom. The van der Waals surface area contributed by atoms with Crippen LogP contribution in [0.3, 0.4) is 0 Å². The lowest BCUT2D eigenvalue weighted by atomic mass is 9.98. The van der Waals surface area contributed by atoms with Gasteiger partial charge in [0, 0.05) is 25.6 Å². The number of aryl methyl sites for hydroxylation is 1. The van der Waals surface area contributed by atoms with Gasteiger partial charge in [-0.1, -0.05) is 29.8 Å². The molecule has 1 heterocycles. The highest BCUT2D eigenvalue weighted by Crippen LogP contribution is 2.26. The zero-order valence-corrected chi connectivity index (χ0v) is 11.2. The normalized spacial score (nSPS) is 18.6. The number of nitrogens with zero attached hydrogens (tertiary/aromatic N) is 1. The molecule has 3 nitrogen and oxygen atoms in total. The van der Waals surface area contributed by atoms with Gasteiger partial charge in [-0.15, -0.1) is 0 Å². The van der Waals surface area contributed by atoms with Crippen LogP contribution in [0.1, 0.15) is 30.5 Å². The summed E-state index contributed by atoms with van der Waals surface area (Å²) in [6.45, 7) is 7.11. The fourth-order valence-corrected chi connectivity index (χ4v) is 2.50. The van der Waals surface area contributed by atoms with Gasteiger partial charge in [0.2, 0.25) is 0 Å². The lowest BCUT2D eigenvalue weighted by Gasteiger charge is -2.34. The zero-order chi connectivity index (χ0) is 13.0. The van der Waals surface area contributed by atoms with Crippen molar-refractivity contribution in [2.24, 2.45) is 0 Å². The summed E-state index contributed by atoms with van der Waals surface area (Å²) >= 11 is 0. The number of ketones is 1. The van der Waals surface area contributed by atoms with Crippen LogP contribution in [0.4, 0.5) is 0 Å². The maximum absolute atomic E-state index is 11.5. The van der Waals surface area contributed by atoms with Gasteiger partial charge in [-0.25, -0.2) is 0 Å². The topological polar surface area (TPSA) is 29.5 Å². The standard InChI is InChI=1S/C15H21NO2/c1-12-4-3-5-14(10-12)15(11-13(2)17)16-6-8-18-9-7-16/h3-5,10,15H,6-9,11H2,1-2H3. The molecule has 1 unspecified atom stereocenters. The van der Waals surface area contributed by atoms with Crippen LogP contribution in [-0.2, 0) is 9.53 Å². The van der Waals surface area contributed by atoms with Gasteiger partial charge in [-0.2, -0.15) is 0 Å². The first-order valence-corrected chi connectivity index (χ1v) is 6.54. The third kappa shape index (κ3) is 3.40. The molecule has 0 N–H and O–H groups in total.